The number of tetrazole rings is 1. The van der Waals surface area contributed by atoms with Crippen molar-refractivity contribution in [1.82, 2.24) is 30.0 Å². The van der Waals surface area contributed by atoms with Crippen molar-refractivity contribution in [2.45, 2.75) is 38.8 Å². The second-order valence-electron chi connectivity index (χ2n) is 8.05. The number of methoxy groups -OCH3 is 1. The number of amides is 1. The van der Waals surface area contributed by atoms with Gasteiger partial charge in [0, 0.05) is 26.1 Å². The monoisotopic (exact) mass is 384 g/mol. The van der Waals surface area contributed by atoms with E-state index in [2.05, 4.69) is 26.5 Å². The van der Waals surface area contributed by atoms with Gasteiger partial charge in [-0.05, 0) is 72.4 Å². The number of hydrogen-bond acceptors (Lipinski definition) is 6. The summed E-state index contributed by atoms with van der Waals surface area (Å²) in [4.78, 5) is 17.2. The van der Waals surface area contributed by atoms with Crippen LogP contribution in [-0.2, 0) is 17.9 Å². The van der Waals surface area contributed by atoms with E-state index in [-0.39, 0.29) is 11.3 Å². The first kappa shape index (κ1) is 18.9. The number of rotatable bonds is 7. The number of carbonyl (C=O) groups excluding carboxylic acids is 1. The Kier molecular flexibility index (Phi) is 5.57. The summed E-state index contributed by atoms with van der Waals surface area (Å²) in [6, 6.07) is 8.00. The largest absolute Gasteiger partial charge is 0.497 e. The summed E-state index contributed by atoms with van der Waals surface area (Å²) in [5, 5.41) is 11.2. The normalized spacial score (nSPS) is 19.5. The molecule has 2 aromatic rings. The van der Waals surface area contributed by atoms with Crippen molar-refractivity contribution in [3.05, 3.63) is 36.2 Å². The van der Waals surface area contributed by atoms with Gasteiger partial charge >= 0.3 is 0 Å². The SMILES string of the molecule is COc1cccc(CN2CC3(CCN(CCCn4cnnn4)CC3)CC2=O)c1. The van der Waals surface area contributed by atoms with Gasteiger partial charge in [-0.25, -0.2) is 4.68 Å². The molecule has 28 heavy (non-hydrogen) atoms. The standard InChI is InChI=1S/C20H28N6O2/c1-28-18-5-2-4-17(12-18)14-25-15-20(13-19(25)27)6-10-24(11-7-20)8-3-9-26-16-21-22-23-26/h2,4-5,12,16H,3,6-11,13-15H2,1H3. The third-order valence-electron chi connectivity index (χ3n) is 6.08. The minimum atomic E-state index is 0.155. The molecular formula is C20H28N6O2. The Balaban J connectivity index is 1.26. The van der Waals surface area contributed by atoms with Crippen molar-refractivity contribution in [3.8, 4) is 5.75 Å². The molecular weight excluding hydrogens is 356 g/mol. The van der Waals surface area contributed by atoms with Gasteiger partial charge in [0.25, 0.3) is 0 Å². The van der Waals surface area contributed by atoms with Crippen molar-refractivity contribution in [2.24, 2.45) is 5.41 Å². The lowest BCUT2D eigenvalue weighted by atomic mass is 9.77. The number of aromatic nitrogens is 4. The number of likely N-dealkylation sites (tertiary alicyclic amines) is 2. The summed E-state index contributed by atoms with van der Waals surface area (Å²) < 4.78 is 7.08. The van der Waals surface area contributed by atoms with Gasteiger partial charge in [-0.2, -0.15) is 0 Å². The van der Waals surface area contributed by atoms with Crippen molar-refractivity contribution in [2.75, 3.05) is 33.3 Å². The van der Waals surface area contributed by atoms with Crippen LogP contribution in [0.1, 0.15) is 31.2 Å². The van der Waals surface area contributed by atoms with Crippen molar-refractivity contribution in [1.29, 1.82) is 0 Å². The molecule has 0 radical (unpaired) electrons. The fraction of sp³-hybridized carbons (Fsp3) is 0.600. The van der Waals surface area contributed by atoms with E-state index in [1.807, 2.05) is 23.1 Å². The summed E-state index contributed by atoms with van der Waals surface area (Å²) in [5.41, 5.74) is 1.28. The van der Waals surface area contributed by atoms with E-state index in [1.54, 1.807) is 18.1 Å². The first-order valence-electron chi connectivity index (χ1n) is 10.00. The molecule has 8 heteroatoms. The van der Waals surface area contributed by atoms with Gasteiger partial charge in [0.2, 0.25) is 5.91 Å². The third kappa shape index (κ3) is 4.32. The Hall–Kier alpha value is -2.48. The number of benzene rings is 1. The Morgan fingerprint density at radius 1 is 1.21 bits per heavy atom. The fourth-order valence-electron chi connectivity index (χ4n) is 4.44. The third-order valence-corrected chi connectivity index (χ3v) is 6.08. The molecule has 3 heterocycles. The highest BCUT2D eigenvalue weighted by atomic mass is 16.5. The summed E-state index contributed by atoms with van der Waals surface area (Å²) in [5.74, 6) is 1.13. The lowest BCUT2D eigenvalue weighted by molar-refractivity contribution is -0.128. The van der Waals surface area contributed by atoms with Gasteiger partial charge < -0.3 is 14.5 Å². The van der Waals surface area contributed by atoms with Crippen LogP contribution in [0.25, 0.3) is 0 Å². The summed E-state index contributed by atoms with van der Waals surface area (Å²) in [6.45, 7) is 5.58. The van der Waals surface area contributed by atoms with Gasteiger partial charge in [0.05, 0.1) is 7.11 Å². The zero-order valence-corrected chi connectivity index (χ0v) is 16.5. The topological polar surface area (TPSA) is 76.4 Å². The molecule has 0 bridgehead atoms. The first-order chi connectivity index (χ1) is 13.7. The number of hydrogen-bond donors (Lipinski definition) is 0. The highest BCUT2D eigenvalue weighted by Crippen LogP contribution is 2.41. The summed E-state index contributed by atoms with van der Waals surface area (Å²) in [6.07, 6.45) is 5.58. The molecule has 150 valence electrons. The molecule has 8 nitrogen and oxygen atoms in total. The molecule has 0 aliphatic carbocycles. The van der Waals surface area contributed by atoms with E-state index in [0.29, 0.717) is 13.0 Å². The predicted octanol–water partition coefficient (Wildman–Crippen LogP) is 1.59. The van der Waals surface area contributed by atoms with Crippen molar-refractivity contribution < 1.29 is 9.53 Å². The lowest BCUT2D eigenvalue weighted by Gasteiger charge is -2.38. The minimum Gasteiger partial charge on any atom is -0.497 e. The van der Waals surface area contributed by atoms with E-state index in [4.69, 9.17) is 4.74 Å². The number of nitrogens with zero attached hydrogens (tertiary/aromatic N) is 6. The second kappa shape index (κ2) is 8.26. The van der Waals surface area contributed by atoms with E-state index >= 15 is 0 Å². The number of aryl methyl sites for hydroxylation is 1. The highest BCUT2D eigenvalue weighted by molar-refractivity contribution is 5.79. The zero-order chi connectivity index (χ0) is 19.4. The van der Waals surface area contributed by atoms with Crippen LogP contribution < -0.4 is 4.74 Å². The van der Waals surface area contributed by atoms with Crippen LogP contribution in [0.5, 0.6) is 5.75 Å². The fourth-order valence-corrected chi connectivity index (χ4v) is 4.44. The van der Waals surface area contributed by atoms with Crippen LogP contribution in [0.2, 0.25) is 0 Å². The molecule has 0 unspecified atom stereocenters. The molecule has 1 spiro atoms. The lowest BCUT2D eigenvalue weighted by Crippen LogP contribution is -2.42. The smallest absolute Gasteiger partial charge is 0.223 e. The highest BCUT2D eigenvalue weighted by Gasteiger charge is 2.44. The molecule has 2 saturated heterocycles. The molecule has 4 rings (SSSR count). The number of ether oxygens (including phenoxy) is 1. The maximum absolute atomic E-state index is 12.7. The Morgan fingerprint density at radius 2 is 2.07 bits per heavy atom. The molecule has 1 aromatic carbocycles. The van der Waals surface area contributed by atoms with Crippen LogP contribution in [0, 0.1) is 5.41 Å². The second-order valence-corrected chi connectivity index (χ2v) is 8.05. The van der Waals surface area contributed by atoms with E-state index < -0.39 is 0 Å². The van der Waals surface area contributed by atoms with E-state index in [9.17, 15) is 4.79 Å². The van der Waals surface area contributed by atoms with Crippen LogP contribution in [0.15, 0.2) is 30.6 Å². The molecule has 0 atom stereocenters. The Bertz CT molecular complexity index is 786. The van der Waals surface area contributed by atoms with Crippen LogP contribution >= 0.6 is 0 Å². The molecule has 2 aliphatic heterocycles. The van der Waals surface area contributed by atoms with Gasteiger partial charge in [-0.15, -0.1) is 5.10 Å². The Morgan fingerprint density at radius 3 is 2.82 bits per heavy atom. The molecule has 2 fully saturated rings. The maximum atomic E-state index is 12.7. The van der Waals surface area contributed by atoms with Crippen molar-refractivity contribution >= 4 is 5.91 Å². The van der Waals surface area contributed by atoms with Crippen molar-refractivity contribution in [3.63, 3.8) is 0 Å². The van der Waals surface area contributed by atoms with Gasteiger partial charge in [-0.1, -0.05) is 12.1 Å². The average molecular weight is 384 g/mol. The van der Waals surface area contributed by atoms with Gasteiger partial charge in [-0.3, -0.25) is 4.79 Å². The summed E-state index contributed by atoms with van der Waals surface area (Å²) in [7, 11) is 1.67. The summed E-state index contributed by atoms with van der Waals surface area (Å²) >= 11 is 0. The maximum Gasteiger partial charge on any atom is 0.223 e. The van der Waals surface area contributed by atoms with E-state index in [0.717, 1.165) is 63.3 Å². The van der Waals surface area contributed by atoms with Gasteiger partial charge in [0.1, 0.15) is 12.1 Å². The number of carbonyl (C=O) groups is 1. The quantitative estimate of drug-likeness (QED) is 0.722. The van der Waals surface area contributed by atoms with E-state index in [1.165, 1.54) is 0 Å². The molecule has 0 saturated carbocycles. The van der Waals surface area contributed by atoms with Gasteiger partial charge in [0.15, 0.2) is 0 Å². The minimum absolute atomic E-state index is 0.155. The number of piperidine rings is 1. The molecule has 0 N–H and O–H groups in total. The van der Waals surface area contributed by atoms with Crippen LogP contribution in [0.4, 0.5) is 0 Å². The van der Waals surface area contributed by atoms with Crippen LogP contribution in [0.3, 0.4) is 0 Å². The van der Waals surface area contributed by atoms with Crippen LogP contribution in [-0.4, -0.2) is 69.2 Å². The first-order valence-corrected chi connectivity index (χ1v) is 10.00. The zero-order valence-electron chi connectivity index (χ0n) is 16.5. The molecule has 1 aromatic heterocycles. The molecule has 2 aliphatic rings. The Labute approximate surface area is 165 Å². The average Bonchev–Trinajstić information content (AvgIpc) is 3.32. The molecule has 1 amide bonds. The predicted molar refractivity (Wildman–Crippen MR) is 104 cm³/mol.